The molecular weight excluding hydrogens is 216 g/mol. The van der Waals surface area contributed by atoms with Gasteiger partial charge in [0.1, 0.15) is 5.76 Å². The molecule has 0 aliphatic heterocycles. The van der Waals surface area contributed by atoms with E-state index < -0.39 is 0 Å². The van der Waals surface area contributed by atoms with Gasteiger partial charge in [0.2, 0.25) is 5.89 Å². The van der Waals surface area contributed by atoms with E-state index in [0.717, 1.165) is 11.5 Å². The maximum Gasteiger partial charge on any atom is 0.277 e. The number of nitrogens with two attached hydrogens (primary N) is 1. The van der Waals surface area contributed by atoms with E-state index >= 15 is 0 Å². The maximum atomic E-state index is 5.34. The first-order valence-corrected chi connectivity index (χ1v) is 5.34. The molecule has 0 spiro atoms. The fourth-order valence-electron chi connectivity index (χ4n) is 0.996. The van der Waals surface area contributed by atoms with Crippen LogP contribution in [0.25, 0.3) is 0 Å². The lowest BCUT2D eigenvalue weighted by molar-refractivity contribution is 0.389. The zero-order chi connectivity index (χ0) is 10.7. The molecule has 6 nitrogen and oxygen atoms in total. The molecule has 15 heavy (non-hydrogen) atoms. The van der Waals surface area contributed by atoms with Gasteiger partial charge in [0.05, 0.1) is 18.0 Å². The van der Waals surface area contributed by atoms with Crippen molar-refractivity contribution in [1.29, 1.82) is 0 Å². The van der Waals surface area contributed by atoms with Crippen molar-refractivity contribution in [3.05, 3.63) is 23.4 Å². The Kier molecular flexibility index (Phi) is 3.02. The monoisotopic (exact) mass is 226 g/mol. The van der Waals surface area contributed by atoms with Gasteiger partial charge in [-0.15, -0.1) is 10.2 Å². The second kappa shape index (κ2) is 4.45. The molecule has 0 radical (unpaired) electrons. The van der Waals surface area contributed by atoms with Crippen molar-refractivity contribution >= 4 is 11.8 Å². The van der Waals surface area contributed by atoms with E-state index in [-0.39, 0.29) is 6.54 Å². The molecule has 2 rings (SSSR count). The fraction of sp³-hybridized carbons (Fsp3) is 0.375. The summed E-state index contributed by atoms with van der Waals surface area (Å²) in [7, 11) is 0. The van der Waals surface area contributed by atoms with Gasteiger partial charge in [0.25, 0.3) is 5.22 Å². The Morgan fingerprint density at radius 1 is 1.47 bits per heavy atom. The van der Waals surface area contributed by atoms with E-state index in [1.807, 2.05) is 13.0 Å². The molecule has 0 aliphatic rings. The molecule has 0 fully saturated rings. The first-order valence-electron chi connectivity index (χ1n) is 4.35. The van der Waals surface area contributed by atoms with E-state index in [2.05, 4.69) is 15.4 Å². The quantitative estimate of drug-likeness (QED) is 0.781. The minimum absolute atomic E-state index is 0.259. The fourth-order valence-corrected chi connectivity index (χ4v) is 1.65. The van der Waals surface area contributed by atoms with Crippen LogP contribution in [0.4, 0.5) is 0 Å². The molecule has 2 N–H and O–H groups in total. The zero-order valence-corrected chi connectivity index (χ0v) is 8.95. The third kappa shape index (κ3) is 2.57. The molecule has 0 unspecified atom stereocenters. The summed E-state index contributed by atoms with van der Waals surface area (Å²) >= 11 is 1.39. The molecule has 80 valence electrons. The van der Waals surface area contributed by atoms with Crippen LogP contribution in [0.1, 0.15) is 17.3 Å². The lowest BCUT2D eigenvalue weighted by Crippen LogP contribution is -1.95. The molecule has 0 saturated carbocycles. The van der Waals surface area contributed by atoms with Crippen molar-refractivity contribution in [2.75, 3.05) is 0 Å². The third-order valence-corrected chi connectivity index (χ3v) is 2.48. The lowest BCUT2D eigenvalue weighted by Gasteiger charge is -1.89. The molecule has 0 amide bonds. The Morgan fingerprint density at radius 2 is 2.33 bits per heavy atom. The van der Waals surface area contributed by atoms with E-state index in [1.165, 1.54) is 11.8 Å². The molecule has 0 aliphatic carbocycles. The maximum absolute atomic E-state index is 5.34. The minimum Gasteiger partial charge on any atom is -0.415 e. The highest BCUT2D eigenvalue weighted by molar-refractivity contribution is 7.98. The smallest absolute Gasteiger partial charge is 0.277 e. The first-order chi connectivity index (χ1) is 7.28. The van der Waals surface area contributed by atoms with Gasteiger partial charge in [-0.3, -0.25) is 0 Å². The Balaban J connectivity index is 1.93. The van der Waals surface area contributed by atoms with Crippen LogP contribution in [0.15, 0.2) is 20.2 Å². The molecule has 2 aromatic heterocycles. The van der Waals surface area contributed by atoms with Crippen molar-refractivity contribution in [3.63, 3.8) is 0 Å². The highest BCUT2D eigenvalue weighted by Crippen LogP contribution is 2.21. The average Bonchev–Trinajstić information content (AvgIpc) is 2.83. The number of aryl methyl sites for hydroxylation is 1. The van der Waals surface area contributed by atoms with Gasteiger partial charge in [-0.05, 0) is 6.92 Å². The Labute approximate surface area is 90.2 Å². The third-order valence-electron chi connectivity index (χ3n) is 1.64. The van der Waals surface area contributed by atoms with Gasteiger partial charge >= 0.3 is 0 Å². The summed E-state index contributed by atoms with van der Waals surface area (Å²) in [5.74, 6) is 1.84. The second-order valence-electron chi connectivity index (χ2n) is 2.89. The standard InChI is InChI=1S/C8H10N4O2S/c1-5-2-6(14-12-5)4-15-8-11-10-7(3-9)13-8/h2H,3-4,9H2,1H3. The molecule has 0 aromatic carbocycles. The first kappa shape index (κ1) is 10.2. The van der Waals surface area contributed by atoms with Gasteiger partial charge in [-0.25, -0.2) is 0 Å². The van der Waals surface area contributed by atoms with Gasteiger partial charge in [0, 0.05) is 6.07 Å². The van der Waals surface area contributed by atoms with Crippen LogP contribution in [-0.2, 0) is 12.3 Å². The zero-order valence-electron chi connectivity index (χ0n) is 8.14. The number of aromatic nitrogens is 3. The summed E-state index contributed by atoms with van der Waals surface area (Å²) in [4.78, 5) is 0. The van der Waals surface area contributed by atoms with Crippen molar-refractivity contribution in [2.45, 2.75) is 24.4 Å². The number of hydrogen-bond acceptors (Lipinski definition) is 7. The molecule has 7 heteroatoms. The van der Waals surface area contributed by atoms with Crippen molar-refractivity contribution < 1.29 is 8.94 Å². The van der Waals surface area contributed by atoms with Gasteiger partial charge in [-0.1, -0.05) is 16.9 Å². The van der Waals surface area contributed by atoms with E-state index in [9.17, 15) is 0 Å². The largest absolute Gasteiger partial charge is 0.415 e. The highest BCUT2D eigenvalue weighted by atomic mass is 32.2. The minimum atomic E-state index is 0.259. The van der Waals surface area contributed by atoms with Gasteiger partial charge in [-0.2, -0.15) is 0 Å². The second-order valence-corrected chi connectivity index (χ2v) is 3.82. The SMILES string of the molecule is Cc1cc(CSc2nnc(CN)o2)on1. The Hall–Kier alpha value is -1.34. The van der Waals surface area contributed by atoms with Crippen LogP contribution in [0.2, 0.25) is 0 Å². The lowest BCUT2D eigenvalue weighted by atomic mass is 10.4. The van der Waals surface area contributed by atoms with Gasteiger partial charge < -0.3 is 14.7 Å². The van der Waals surface area contributed by atoms with Crippen LogP contribution >= 0.6 is 11.8 Å². The average molecular weight is 226 g/mol. The molecule has 0 atom stereocenters. The molecule has 0 saturated heterocycles. The summed E-state index contributed by atoms with van der Waals surface area (Å²) in [6, 6.07) is 1.87. The summed E-state index contributed by atoms with van der Waals surface area (Å²) in [6.45, 7) is 2.13. The van der Waals surface area contributed by atoms with Crippen molar-refractivity contribution in [1.82, 2.24) is 15.4 Å². The van der Waals surface area contributed by atoms with Crippen LogP contribution in [-0.4, -0.2) is 15.4 Å². The summed E-state index contributed by atoms with van der Waals surface area (Å²) < 4.78 is 10.2. The Bertz CT molecular complexity index is 439. The number of hydrogen-bond donors (Lipinski definition) is 1. The molecule has 2 heterocycles. The summed E-state index contributed by atoms with van der Waals surface area (Å²) in [5.41, 5.74) is 6.20. The van der Waals surface area contributed by atoms with Crippen LogP contribution in [0, 0.1) is 6.92 Å². The van der Waals surface area contributed by atoms with Gasteiger partial charge in [0.15, 0.2) is 0 Å². The molecule has 2 aromatic rings. The van der Waals surface area contributed by atoms with Crippen LogP contribution in [0.3, 0.4) is 0 Å². The highest BCUT2D eigenvalue weighted by Gasteiger charge is 2.07. The number of rotatable bonds is 4. The molecular formula is C8H10N4O2S. The van der Waals surface area contributed by atoms with Crippen LogP contribution < -0.4 is 5.73 Å². The predicted molar refractivity (Wildman–Crippen MR) is 53.0 cm³/mol. The Morgan fingerprint density at radius 3 is 2.93 bits per heavy atom. The number of nitrogens with zero attached hydrogens (tertiary/aromatic N) is 3. The summed E-state index contributed by atoms with van der Waals surface area (Å²) in [6.07, 6.45) is 0. The van der Waals surface area contributed by atoms with Crippen LogP contribution in [0.5, 0.6) is 0 Å². The topological polar surface area (TPSA) is 91.0 Å². The van der Waals surface area contributed by atoms with Crippen molar-refractivity contribution in [3.8, 4) is 0 Å². The van der Waals surface area contributed by atoms with Crippen molar-refractivity contribution in [2.24, 2.45) is 5.73 Å². The van der Waals surface area contributed by atoms with E-state index in [1.54, 1.807) is 0 Å². The van der Waals surface area contributed by atoms with E-state index in [4.69, 9.17) is 14.7 Å². The summed E-state index contributed by atoms with van der Waals surface area (Å²) in [5, 5.41) is 11.8. The number of thioether (sulfide) groups is 1. The molecule has 0 bridgehead atoms. The predicted octanol–water partition coefficient (Wildman–Crippen LogP) is 1.12. The normalized spacial score (nSPS) is 10.8. The van der Waals surface area contributed by atoms with E-state index in [0.29, 0.717) is 16.9 Å².